The zero-order chi connectivity index (χ0) is 13.3. The summed E-state index contributed by atoms with van der Waals surface area (Å²) in [6.45, 7) is 3.21. The second-order valence-corrected chi connectivity index (χ2v) is 5.04. The third kappa shape index (κ3) is 2.42. The summed E-state index contributed by atoms with van der Waals surface area (Å²) in [6.07, 6.45) is 0. The molecule has 1 aliphatic heterocycles. The lowest BCUT2D eigenvalue weighted by atomic mass is 10.1. The highest BCUT2D eigenvalue weighted by molar-refractivity contribution is 7.80. The van der Waals surface area contributed by atoms with Gasteiger partial charge < -0.3 is 16.0 Å². The van der Waals surface area contributed by atoms with Crippen molar-refractivity contribution in [2.75, 3.05) is 18.0 Å². The van der Waals surface area contributed by atoms with Gasteiger partial charge in [-0.1, -0.05) is 23.8 Å². The lowest BCUT2D eigenvalue weighted by molar-refractivity contribution is -0.122. The SMILES string of the molecule is CC1C(=O)NCCN1c1ccc(C(N)=S)cc1Cl. The number of hydrogen-bond donors (Lipinski definition) is 2. The predicted octanol–water partition coefficient (Wildman–Crippen LogP) is 1.30. The quantitative estimate of drug-likeness (QED) is 0.804. The number of rotatable bonds is 2. The van der Waals surface area contributed by atoms with E-state index >= 15 is 0 Å². The van der Waals surface area contributed by atoms with Gasteiger partial charge in [0.05, 0.1) is 10.7 Å². The van der Waals surface area contributed by atoms with E-state index in [-0.39, 0.29) is 11.9 Å². The molecule has 0 bridgehead atoms. The number of piperazine rings is 1. The molecule has 0 aromatic heterocycles. The third-order valence-corrected chi connectivity index (χ3v) is 3.58. The van der Waals surface area contributed by atoms with Gasteiger partial charge in [-0.05, 0) is 25.1 Å². The molecule has 0 aliphatic carbocycles. The molecule has 1 aliphatic rings. The fraction of sp³-hybridized carbons (Fsp3) is 0.333. The van der Waals surface area contributed by atoms with Crippen molar-refractivity contribution >= 4 is 40.4 Å². The Morgan fingerprint density at radius 1 is 1.61 bits per heavy atom. The molecule has 1 fully saturated rings. The molecule has 1 saturated heterocycles. The van der Waals surface area contributed by atoms with Crippen LogP contribution in [0.25, 0.3) is 0 Å². The molecule has 18 heavy (non-hydrogen) atoms. The fourth-order valence-electron chi connectivity index (χ4n) is 2.00. The van der Waals surface area contributed by atoms with Gasteiger partial charge in [-0.3, -0.25) is 4.79 Å². The number of anilines is 1. The van der Waals surface area contributed by atoms with Crippen LogP contribution in [0.1, 0.15) is 12.5 Å². The van der Waals surface area contributed by atoms with Crippen LogP contribution in [0.4, 0.5) is 5.69 Å². The predicted molar refractivity (Wildman–Crippen MR) is 77.2 cm³/mol. The minimum absolute atomic E-state index is 0.00994. The number of halogens is 1. The highest BCUT2D eigenvalue weighted by Crippen LogP contribution is 2.29. The number of benzene rings is 1. The molecular weight excluding hydrogens is 270 g/mol. The largest absolute Gasteiger partial charge is 0.389 e. The summed E-state index contributed by atoms with van der Waals surface area (Å²) in [5, 5.41) is 3.37. The first kappa shape index (κ1) is 13.1. The van der Waals surface area contributed by atoms with Crippen molar-refractivity contribution in [1.82, 2.24) is 5.32 Å². The summed E-state index contributed by atoms with van der Waals surface area (Å²) >= 11 is 11.1. The Kier molecular flexibility index (Phi) is 3.73. The van der Waals surface area contributed by atoms with Gasteiger partial charge in [0, 0.05) is 18.7 Å². The zero-order valence-corrected chi connectivity index (χ0v) is 11.5. The van der Waals surface area contributed by atoms with Gasteiger partial charge >= 0.3 is 0 Å². The van der Waals surface area contributed by atoms with Gasteiger partial charge in [0.15, 0.2) is 0 Å². The Bertz CT molecular complexity index is 506. The van der Waals surface area contributed by atoms with Crippen molar-refractivity contribution in [2.45, 2.75) is 13.0 Å². The Balaban J connectivity index is 2.33. The van der Waals surface area contributed by atoms with Crippen LogP contribution in [-0.2, 0) is 4.79 Å². The lowest BCUT2D eigenvalue weighted by Crippen LogP contribution is -2.54. The second-order valence-electron chi connectivity index (χ2n) is 4.19. The summed E-state index contributed by atoms with van der Waals surface area (Å²) in [5.41, 5.74) is 7.12. The number of carbonyl (C=O) groups excluding carboxylic acids is 1. The Morgan fingerprint density at radius 3 is 2.94 bits per heavy atom. The smallest absolute Gasteiger partial charge is 0.242 e. The van der Waals surface area contributed by atoms with Crippen LogP contribution in [-0.4, -0.2) is 30.0 Å². The average Bonchev–Trinajstić information content (AvgIpc) is 2.33. The number of hydrogen-bond acceptors (Lipinski definition) is 3. The Morgan fingerprint density at radius 2 is 2.33 bits per heavy atom. The molecule has 0 spiro atoms. The maximum atomic E-state index is 11.6. The van der Waals surface area contributed by atoms with Crippen molar-refractivity contribution in [3.63, 3.8) is 0 Å². The standard InChI is InChI=1S/C12H14ClN3OS/c1-7-12(17)15-4-5-16(7)10-3-2-8(11(14)18)6-9(10)13/h2-3,6-7H,4-5H2,1H3,(H2,14,18)(H,15,17). The van der Waals surface area contributed by atoms with Crippen molar-refractivity contribution in [3.05, 3.63) is 28.8 Å². The second kappa shape index (κ2) is 5.12. The molecule has 2 rings (SSSR count). The van der Waals surface area contributed by atoms with Gasteiger partial charge in [0.2, 0.25) is 5.91 Å². The van der Waals surface area contributed by atoms with Crippen LogP contribution in [0.15, 0.2) is 18.2 Å². The van der Waals surface area contributed by atoms with Crippen LogP contribution < -0.4 is 16.0 Å². The zero-order valence-electron chi connectivity index (χ0n) is 9.94. The van der Waals surface area contributed by atoms with Crippen molar-refractivity contribution in [1.29, 1.82) is 0 Å². The van der Waals surface area contributed by atoms with Gasteiger partial charge in [0.25, 0.3) is 0 Å². The number of thiocarbonyl (C=S) groups is 1. The molecule has 1 atom stereocenters. The minimum atomic E-state index is -0.230. The van der Waals surface area contributed by atoms with Crippen molar-refractivity contribution in [2.24, 2.45) is 5.73 Å². The maximum absolute atomic E-state index is 11.6. The molecule has 4 nitrogen and oxygen atoms in total. The van der Waals surface area contributed by atoms with E-state index in [1.165, 1.54) is 0 Å². The molecule has 3 N–H and O–H groups in total. The molecule has 1 aromatic rings. The molecular formula is C12H14ClN3OS. The first-order valence-corrected chi connectivity index (χ1v) is 6.43. The summed E-state index contributed by atoms with van der Waals surface area (Å²) < 4.78 is 0. The van der Waals surface area contributed by atoms with Crippen LogP contribution >= 0.6 is 23.8 Å². The molecule has 1 unspecified atom stereocenters. The molecule has 96 valence electrons. The van der Waals surface area contributed by atoms with E-state index in [0.717, 1.165) is 17.8 Å². The van der Waals surface area contributed by atoms with Crippen LogP contribution in [0.3, 0.4) is 0 Å². The van der Waals surface area contributed by atoms with E-state index in [9.17, 15) is 4.79 Å². The fourth-order valence-corrected chi connectivity index (χ4v) is 2.42. The highest BCUT2D eigenvalue weighted by Gasteiger charge is 2.26. The van der Waals surface area contributed by atoms with E-state index < -0.39 is 0 Å². The van der Waals surface area contributed by atoms with Gasteiger partial charge in [-0.2, -0.15) is 0 Å². The molecule has 1 heterocycles. The molecule has 1 aromatic carbocycles. The van der Waals surface area contributed by atoms with Crippen LogP contribution in [0, 0.1) is 0 Å². The van der Waals surface area contributed by atoms with E-state index in [4.69, 9.17) is 29.6 Å². The van der Waals surface area contributed by atoms with E-state index in [1.54, 1.807) is 6.07 Å². The maximum Gasteiger partial charge on any atom is 0.242 e. The summed E-state index contributed by atoms with van der Waals surface area (Å²) in [7, 11) is 0. The summed E-state index contributed by atoms with van der Waals surface area (Å²) in [6, 6.07) is 5.18. The average molecular weight is 284 g/mol. The minimum Gasteiger partial charge on any atom is -0.389 e. The molecule has 1 amide bonds. The van der Waals surface area contributed by atoms with Crippen LogP contribution in [0.5, 0.6) is 0 Å². The van der Waals surface area contributed by atoms with Gasteiger partial charge in [0.1, 0.15) is 11.0 Å². The van der Waals surface area contributed by atoms with E-state index in [2.05, 4.69) is 5.32 Å². The normalized spacial score (nSPS) is 19.6. The number of nitrogens with two attached hydrogens (primary N) is 1. The summed E-state index contributed by atoms with van der Waals surface area (Å²) in [5.74, 6) is 0.00994. The van der Waals surface area contributed by atoms with E-state index in [0.29, 0.717) is 16.6 Å². The van der Waals surface area contributed by atoms with Gasteiger partial charge in [-0.25, -0.2) is 0 Å². The molecule has 6 heteroatoms. The number of nitrogens with zero attached hydrogens (tertiary/aromatic N) is 1. The van der Waals surface area contributed by atoms with Gasteiger partial charge in [-0.15, -0.1) is 0 Å². The lowest BCUT2D eigenvalue weighted by Gasteiger charge is -2.35. The van der Waals surface area contributed by atoms with Crippen molar-refractivity contribution < 1.29 is 4.79 Å². The number of nitrogens with one attached hydrogen (secondary N) is 1. The third-order valence-electron chi connectivity index (χ3n) is 3.04. The highest BCUT2D eigenvalue weighted by atomic mass is 35.5. The number of carbonyl (C=O) groups is 1. The van der Waals surface area contributed by atoms with E-state index in [1.807, 2.05) is 24.0 Å². The summed E-state index contributed by atoms with van der Waals surface area (Å²) in [4.78, 5) is 13.9. The Labute approximate surface area is 116 Å². The first-order valence-electron chi connectivity index (χ1n) is 5.64. The topological polar surface area (TPSA) is 58.4 Å². The Hall–Kier alpha value is -1.33. The van der Waals surface area contributed by atoms with Crippen LogP contribution in [0.2, 0.25) is 5.02 Å². The molecule has 0 radical (unpaired) electrons. The van der Waals surface area contributed by atoms with Crippen molar-refractivity contribution in [3.8, 4) is 0 Å². The monoisotopic (exact) mass is 283 g/mol. The number of amides is 1. The first-order chi connectivity index (χ1) is 8.50. The molecule has 0 saturated carbocycles.